The van der Waals surface area contributed by atoms with E-state index in [2.05, 4.69) is 15.2 Å². The van der Waals surface area contributed by atoms with E-state index in [0.29, 0.717) is 22.7 Å². The topological polar surface area (TPSA) is 126 Å². The van der Waals surface area contributed by atoms with Gasteiger partial charge in [-0.05, 0) is 30.9 Å². The first-order valence-corrected chi connectivity index (χ1v) is 8.46. The third-order valence-electron chi connectivity index (χ3n) is 4.36. The van der Waals surface area contributed by atoms with Crippen LogP contribution in [-0.4, -0.2) is 35.3 Å². The zero-order chi connectivity index (χ0) is 19.4. The monoisotopic (exact) mass is 367 g/mol. The Balaban J connectivity index is 1.80. The molecule has 0 aliphatic carbocycles. The molecule has 4 N–H and O–H groups in total. The van der Waals surface area contributed by atoms with Gasteiger partial charge in [-0.2, -0.15) is 4.98 Å². The Bertz CT molecular complexity index is 990. The number of nitrogens with two attached hydrogens (primary N) is 2. The van der Waals surface area contributed by atoms with E-state index in [1.165, 1.54) is 0 Å². The predicted octanol–water partition coefficient (Wildman–Crippen LogP) is 1.90. The second-order valence-corrected chi connectivity index (χ2v) is 6.02. The third-order valence-corrected chi connectivity index (χ3v) is 4.36. The number of carbonyl (C=O) groups is 1. The van der Waals surface area contributed by atoms with Gasteiger partial charge in [0.25, 0.3) is 5.91 Å². The highest BCUT2D eigenvalue weighted by Gasteiger charge is 2.14. The summed E-state index contributed by atoms with van der Waals surface area (Å²) < 4.78 is 10.5. The highest BCUT2D eigenvalue weighted by molar-refractivity contribution is 6.04. The molecular weight excluding hydrogens is 346 g/mol. The van der Waals surface area contributed by atoms with Crippen molar-refractivity contribution >= 4 is 22.5 Å². The van der Waals surface area contributed by atoms with E-state index in [4.69, 9.17) is 20.9 Å². The van der Waals surface area contributed by atoms with Gasteiger partial charge in [0, 0.05) is 17.0 Å². The molecule has 3 aromatic rings. The molecule has 0 aliphatic heterocycles. The number of ether oxygens (including phenoxy) is 2. The van der Waals surface area contributed by atoms with E-state index in [-0.39, 0.29) is 11.4 Å². The van der Waals surface area contributed by atoms with Gasteiger partial charge in [0.05, 0.1) is 25.4 Å². The molecule has 3 rings (SSSR count). The van der Waals surface area contributed by atoms with Crippen molar-refractivity contribution in [2.75, 3.05) is 20.0 Å². The van der Waals surface area contributed by atoms with Crippen molar-refractivity contribution in [1.82, 2.24) is 15.2 Å². The van der Waals surface area contributed by atoms with Crippen molar-refractivity contribution in [2.24, 2.45) is 5.73 Å². The summed E-state index contributed by atoms with van der Waals surface area (Å²) in [5, 5.41) is 8.73. The van der Waals surface area contributed by atoms with Crippen LogP contribution in [0.4, 0.5) is 5.69 Å². The van der Waals surface area contributed by atoms with Crippen LogP contribution in [0, 0.1) is 0 Å². The van der Waals surface area contributed by atoms with Crippen molar-refractivity contribution in [2.45, 2.75) is 19.3 Å². The number of amides is 1. The molecule has 140 valence electrons. The smallest absolute Gasteiger partial charge is 0.271 e. The zero-order valence-electron chi connectivity index (χ0n) is 15.2. The first kappa shape index (κ1) is 18.4. The van der Waals surface area contributed by atoms with Gasteiger partial charge in [-0.15, -0.1) is 10.2 Å². The molecule has 0 saturated heterocycles. The standard InChI is InChI=1S/C19H21N5O3/c1-26-14-10-9-12(19(22-14)27-2)7-3-5-11-6-4-8-13-15(20)17(18(21)25)24-23-16(11)13/h4,6,8-10H,3,5,7H2,1-2H3,(H2,20,23)(H2,21,25). The summed E-state index contributed by atoms with van der Waals surface area (Å²) >= 11 is 0. The normalized spacial score (nSPS) is 10.7. The molecule has 8 nitrogen and oxygen atoms in total. The number of hydrogen-bond acceptors (Lipinski definition) is 7. The van der Waals surface area contributed by atoms with Gasteiger partial charge < -0.3 is 20.9 Å². The molecule has 2 aromatic heterocycles. The van der Waals surface area contributed by atoms with Crippen LogP contribution >= 0.6 is 0 Å². The fourth-order valence-corrected chi connectivity index (χ4v) is 2.99. The molecule has 0 radical (unpaired) electrons. The first-order chi connectivity index (χ1) is 13.0. The van der Waals surface area contributed by atoms with Crippen LogP contribution in [0.1, 0.15) is 28.0 Å². The van der Waals surface area contributed by atoms with Crippen molar-refractivity contribution in [1.29, 1.82) is 0 Å². The van der Waals surface area contributed by atoms with E-state index >= 15 is 0 Å². The van der Waals surface area contributed by atoms with Crippen LogP contribution < -0.4 is 20.9 Å². The minimum absolute atomic E-state index is 0.00584. The highest BCUT2D eigenvalue weighted by atomic mass is 16.5. The van der Waals surface area contributed by atoms with Crippen LogP contribution in [0.2, 0.25) is 0 Å². The molecule has 1 amide bonds. The SMILES string of the molecule is COc1ccc(CCCc2cccc3c(N)c(C(N)=O)nnc23)c(OC)n1. The van der Waals surface area contributed by atoms with E-state index in [1.807, 2.05) is 30.3 Å². The van der Waals surface area contributed by atoms with E-state index in [1.54, 1.807) is 14.2 Å². The van der Waals surface area contributed by atoms with E-state index in [9.17, 15) is 4.79 Å². The lowest BCUT2D eigenvalue weighted by atomic mass is 10.0. The van der Waals surface area contributed by atoms with Crippen LogP contribution in [0.15, 0.2) is 30.3 Å². The Morgan fingerprint density at radius 3 is 2.52 bits per heavy atom. The number of pyridine rings is 1. The number of nitrogens with zero attached hydrogens (tertiary/aromatic N) is 3. The second-order valence-electron chi connectivity index (χ2n) is 6.02. The average Bonchev–Trinajstić information content (AvgIpc) is 2.68. The number of benzene rings is 1. The summed E-state index contributed by atoms with van der Waals surface area (Å²) in [4.78, 5) is 15.7. The average molecular weight is 367 g/mol. The predicted molar refractivity (Wildman–Crippen MR) is 102 cm³/mol. The Labute approximate surface area is 156 Å². The molecule has 8 heteroatoms. The molecule has 27 heavy (non-hydrogen) atoms. The summed E-state index contributed by atoms with van der Waals surface area (Å²) in [7, 11) is 3.16. The molecule has 0 atom stereocenters. The number of aromatic nitrogens is 3. The molecule has 0 saturated carbocycles. The van der Waals surface area contributed by atoms with Crippen LogP contribution in [0.25, 0.3) is 10.9 Å². The Morgan fingerprint density at radius 1 is 1.04 bits per heavy atom. The molecule has 0 aliphatic rings. The van der Waals surface area contributed by atoms with E-state index < -0.39 is 5.91 Å². The highest BCUT2D eigenvalue weighted by Crippen LogP contribution is 2.26. The van der Waals surface area contributed by atoms with Crippen molar-refractivity contribution in [3.63, 3.8) is 0 Å². The van der Waals surface area contributed by atoms with E-state index in [0.717, 1.165) is 30.4 Å². The largest absolute Gasteiger partial charge is 0.481 e. The lowest BCUT2D eigenvalue weighted by Crippen LogP contribution is -2.17. The van der Waals surface area contributed by atoms with Gasteiger partial charge in [0.15, 0.2) is 5.69 Å². The first-order valence-electron chi connectivity index (χ1n) is 8.46. The number of primary amides is 1. The summed E-state index contributed by atoms with van der Waals surface area (Å²) in [5.74, 6) is 0.384. The van der Waals surface area contributed by atoms with Gasteiger partial charge in [0.1, 0.15) is 0 Å². The molecule has 0 spiro atoms. The number of carbonyl (C=O) groups excluding carboxylic acids is 1. The van der Waals surface area contributed by atoms with Crippen molar-refractivity contribution in [3.05, 3.63) is 47.2 Å². The summed E-state index contributed by atoms with van der Waals surface area (Å²) in [6, 6.07) is 9.43. The maximum absolute atomic E-state index is 11.4. The number of hydrogen-bond donors (Lipinski definition) is 2. The third kappa shape index (κ3) is 3.74. The molecule has 2 heterocycles. The molecular formula is C19H21N5O3. The Morgan fingerprint density at radius 2 is 1.81 bits per heavy atom. The molecule has 0 bridgehead atoms. The van der Waals surface area contributed by atoms with Crippen molar-refractivity contribution < 1.29 is 14.3 Å². The van der Waals surface area contributed by atoms with Crippen LogP contribution in [0.3, 0.4) is 0 Å². The molecule has 0 fully saturated rings. The van der Waals surface area contributed by atoms with Crippen molar-refractivity contribution in [3.8, 4) is 11.8 Å². The lowest BCUT2D eigenvalue weighted by Gasteiger charge is -2.10. The minimum Gasteiger partial charge on any atom is -0.481 e. The number of rotatable bonds is 7. The zero-order valence-corrected chi connectivity index (χ0v) is 15.2. The molecule has 0 unspecified atom stereocenters. The van der Waals surface area contributed by atoms with Gasteiger partial charge in [-0.1, -0.05) is 18.2 Å². The van der Waals surface area contributed by atoms with Crippen LogP contribution in [0.5, 0.6) is 11.8 Å². The van der Waals surface area contributed by atoms with Gasteiger partial charge >= 0.3 is 0 Å². The maximum atomic E-state index is 11.4. The quantitative estimate of drug-likeness (QED) is 0.653. The molecule has 1 aromatic carbocycles. The summed E-state index contributed by atoms with van der Waals surface area (Å²) in [6.45, 7) is 0. The fraction of sp³-hybridized carbons (Fsp3) is 0.263. The summed E-state index contributed by atoms with van der Waals surface area (Å²) in [5.41, 5.74) is 14.3. The maximum Gasteiger partial charge on any atom is 0.271 e. The van der Waals surface area contributed by atoms with Gasteiger partial charge in [-0.3, -0.25) is 4.79 Å². The lowest BCUT2D eigenvalue weighted by molar-refractivity contribution is 0.0995. The summed E-state index contributed by atoms with van der Waals surface area (Å²) in [6.07, 6.45) is 2.39. The number of aryl methyl sites for hydroxylation is 2. The fourth-order valence-electron chi connectivity index (χ4n) is 2.99. The number of anilines is 1. The van der Waals surface area contributed by atoms with Crippen LogP contribution in [-0.2, 0) is 12.8 Å². The second kappa shape index (κ2) is 7.86. The number of nitrogen functional groups attached to an aromatic ring is 1. The van der Waals surface area contributed by atoms with Gasteiger partial charge in [-0.25, -0.2) is 0 Å². The van der Waals surface area contributed by atoms with Gasteiger partial charge in [0.2, 0.25) is 11.8 Å². The Kier molecular flexibility index (Phi) is 5.35. The number of fused-ring (bicyclic) bond motifs is 1. The number of methoxy groups -OCH3 is 2. The minimum atomic E-state index is -0.689. The Hall–Kier alpha value is -3.42.